The van der Waals surface area contributed by atoms with Gasteiger partial charge in [0.15, 0.2) is 0 Å². The molecule has 136 valence electrons. The molecule has 2 amide bonds. The van der Waals surface area contributed by atoms with Crippen molar-refractivity contribution in [1.82, 2.24) is 10.2 Å². The van der Waals surface area contributed by atoms with Crippen LogP contribution in [0.1, 0.15) is 36.6 Å². The Bertz CT molecular complexity index is 786. The number of ether oxygens (including phenoxy) is 1. The molecule has 1 aliphatic heterocycles. The predicted octanol–water partition coefficient (Wildman–Crippen LogP) is 2.85. The fourth-order valence-electron chi connectivity index (χ4n) is 3.34. The summed E-state index contributed by atoms with van der Waals surface area (Å²) in [7, 11) is 0. The highest BCUT2D eigenvalue weighted by molar-refractivity contribution is 5.92. The van der Waals surface area contributed by atoms with Gasteiger partial charge in [-0.25, -0.2) is 0 Å². The van der Waals surface area contributed by atoms with Gasteiger partial charge in [-0.15, -0.1) is 0 Å². The van der Waals surface area contributed by atoms with E-state index < -0.39 is 6.04 Å². The first kappa shape index (κ1) is 18.0. The number of nitrogens with one attached hydrogen (secondary N) is 1. The quantitative estimate of drug-likeness (QED) is 0.870. The van der Waals surface area contributed by atoms with Crippen LogP contribution in [0.4, 0.5) is 0 Å². The van der Waals surface area contributed by atoms with Crippen LogP contribution in [-0.2, 0) is 22.6 Å². The molecule has 5 heteroatoms. The van der Waals surface area contributed by atoms with E-state index in [2.05, 4.69) is 5.32 Å². The van der Waals surface area contributed by atoms with Crippen LogP contribution < -0.4 is 10.1 Å². The molecule has 0 aliphatic carbocycles. The van der Waals surface area contributed by atoms with Crippen molar-refractivity contribution in [2.75, 3.05) is 13.2 Å². The number of nitrogens with zero attached hydrogens (tertiary/aromatic N) is 1. The Kier molecular flexibility index (Phi) is 5.56. The summed E-state index contributed by atoms with van der Waals surface area (Å²) < 4.78 is 5.43. The van der Waals surface area contributed by atoms with Gasteiger partial charge in [-0.05, 0) is 42.7 Å². The van der Waals surface area contributed by atoms with E-state index in [1.165, 1.54) is 0 Å². The van der Waals surface area contributed by atoms with Crippen LogP contribution in [0.15, 0.2) is 48.5 Å². The number of carbonyl (C=O) groups is 2. The topological polar surface area (TPSA) is 58.6 Å². The van der Waals surface area contributed by atoms with Crippen LogP contribution in [0.3, 0.4) is 0 Å². The summed E-state index contributed by atoms with van der Waals surface area (Å²) in [5.74, 6) is 0.653. The van der Waals surface area contributed by atoms with Crippen molar-refractivity contribution in [3.8, 4) is 5.75 Å². The number of rotatable bonds is 6. The molecule has 26 heavy (non-hydrogen) atoms. The van der Waals surface area contributed by atoms with Gasteiger partial charge in [0.2, 0.25) is 11.8 Å². The number of likely N-dealkylation sites (N-methyl/N-ethyl adjacent to an activating group) is 1. The molecular formula is C21H24N2O3. The maximum Gasteiger partial charge on any atom is 0.247 e. The second-order valence-electron chi connectivity index (χ2n) is 6.25. The molecule has 1 N–H and O–H groups in total. The van der Waals surface area contributed by atoms with E-state index >= 15 is 0 Å². The molecule has 0 bridgehead atoms. The van der Waals surface area contributed by atoms with Gasteiger partial charge in [-0.1, -0.05) is 36.4 Å². The maximum atomic E-state index is 12.9. The minimum Gasteiger partial charge on any atom is -0.494 e. The monoisotopic (exact) mass is 352 g/mol. The highest BCUT2D eigenvalue weighted by Crippen LogP contribution is 2.30. The first-order valence-electron chi connectivity index (χ1n) is 9.00. The van der Waals surface area contributed by atoms with E-state index in [4.69, 9.17) is 4.74 Å². The molecular weight excluding hydrogens is 328 g/mol. The highest BCUT2D eigenvalue weighted by atomic mass is 16.5. The van der Waals surface area contributed by atoms with Gasteiger partial charge >= 0.3 is 0 Å². The Balaban J connectivity index is 1.74. The van der Waals surface area contributed by atoms with E-state index in [1.54, 1.807) is 4.90 Å². The molecule has 5 nitrogen and oxygen atoms in total. The molecule has 0 fully saturated rings. The summed E-state index contributed by atoms with van der Waals surface area (Å²) in [6, 6.07) is 14.8. The van der Waals surface area contributed by atoms with Crippen molar-refractivity contribution in [1.29, 1.82) is 0 Å². The van der Waals surface area contributed by atoms with Gasteiger partial charge in [0.25, 0.3) is 0 Å². The summed E-state index contributed by atoms with van der Waals surface area (Å²) in [4.78, 5) is 26.9. The maximum absolute atomic E-state index is 12.9. The summed E-state index contributed by atoms with van der Waals surface area (Å²) in [5, 5.41) is 2.97. The molecule has 2 aromatic carbocycles. The molecule has 0 aromatic heterocycles. The number of hydrogen-bond donors (Lipinski definition) is 1. The third kappa shape index (κ3) is 3.72. The fourth-order valence-corrected chi connectivity index (χ4v) is 3.34. The molecule has 2 aromatic rings. The van der Waals surface area contributed by atoms with Crippen LogP contribution in [0.25, 0.3) is 0 Å². The Morgan fingerprint density at radius 2 is 1.88 bits per heavy atom. The number of benzene rings is 2. The first-order chi connectivity index (χ1) is 12.6. The number of hydrogen-bond acceptors (Lipinski definition) is 3. The molecule has 1 heterocycles. The van der Waals surface area contributed by atoms with Crippen molar-refractivity contribution in [3.63, 3.8) is 0 Å². The third-order valence-corrected chi connectivity index (χ3v) is 4.61. The van der Waals surface area contributed by atoms with E-state index in [0.29, 0.717) is 26.1 Å². The lowest BCUT2D eigenvalue weighted by Crippen LogP contribution is -2.47. The van der Waals surface area contributed by atoms with E-state index in [0.717, 1.165) is 22.4 Å². The average Bonchev–Trinajstić information content (AvgIpc) is 2.66. The van der Waals surface area contributed by atoms with Gasteiger partial charge in [0.1, 0.15) is 11.8 Å². The van der Waals surface area contributed by atoms with Crippen LogP contribution >= 0.6 is 0 Å². The molecule has 1 aliphatic rings. The predicted molar refractivity (Wildman–Crippen MR) is 99.7 cm³/mol. The number of fused-ring (bicyclic) bond motifs is 1. The molecule has 0 spiro atoms. The summed E-state index contributed by atoms with van der Waals surface area (Å²) in [6.07, 6.45) is 0.354. The number of carbonyl (C=O) groups excluding carboxylic acids is 2. The lowest BCUT2D eigenvalue weighted by atomic mass is 9.91. The largest absolute Gasteiger partial charge is 0.494 e. The smallest absolute Gasteiger partial charge is 0.247 e. The van der Waals surface area contributed by atoms with Gasteiger partial charge in [-0.2, -0.15) is 0 Å². The van der Waals surface area contributed by atoms with Crippen molar-refractivity contribution < 1.29 is 14.3 Å². The first-order valence-corrected chi connectivity index (χ1v) is 9.00. The summed E-state index contributed by atoms with van der Waals surface area (Å²) in [6.45, 7) is 5.39. The van der Waals surface area contributed by atoms with E-state index in [9.17, 15) is 9.59 Å². The Morgan fingerprint density at radius 1 is 1.15 bits per heavy atom. The van der Waals surface area contributed by atoms with Crippen LogP contribution in [0.5, 0.6) is 5.75 Å². The highest BCUT2D eigenvalue weighted by Gasteiger charge is 2.35. The zero-order chi connectivity index (χ0) is 18.5. The van der Waals surface area contributed by atoms with Crippen LogP contribution in [0, 0.1) is 0 Å². The zero-order valence-electron chi connectivity index (χ0n) is 15.2. The molecule has 1 atom stereocenters. The standard InChI is InChI=1S/C21H24N2O3/c1-3-23-19(24)13-16-7-5-6-8-18(16)20(23)21(25)22-14-15-9-11-17(12-10-15)26-4-2/h5-12,20H,3-4,13-14H2,1-2H3,(H,22,25)/t20-/m1/s1. The molecule has 0 unspecified atom stereocenters. The Hall–Kier alpha value is -2.82. The van der Waals surface area contributed by atoms with Crippen molar-refractivity contribution >= 4 is 11.8 Å². The molecule has 0 saturated heterocycles. The van der Waals surface area contributed by atoms with E-state index in [1.807, 2.05) is 62.4 Å². The minimum atomic E-state index is -0.569. The lowest BCUT2D eigenvalue weighted by Gasteiger charge is -2.35. The fraction of sp³-hybridized carbons (Fsp3) is 0.333. The van der Waals surface area contributed by atoms with Gasteiger partial charge < -0.3 is 15.0 Å². The van der Waals surface area contributed by atoms with Gasteiger partial charge in [-0.3, -0.25) is 9.59 Å². The molecule has 3 rings (SSSR count). The summed E-state index contributed by atoms with van der Waals surface area (Å²) in [5.41, 5.74) is 2.84. The molecule has 0 radical (unpaired) electrons. The van der Waals surface area contributed by atoms with Crippen LogP contribution in [0.2, 0.25) is 0 Å². The van der Waals surface area contributed by atoms with E-state index in [-0.39, 0.29) is 11.8 Å². The summed E-state index contributed by atoms with van der Waals surface area (Å²) >= 11 is 0. The van der Waals surface area contributed by atoms with Gasteiger partial charge in [0, 0.05) is 13.1 Å². The minimum absolute atomic E-state index is 0.00702. The average molecular weight is 352 g/mol. The van der Waals surface area contributed by atoms with Crippen molar-refractivity contribution in [2.45, 2.75) is 32.9 Å². The Morgan fingerprint density at radius 3 is 2.58 bits per heavy atom. The lowest BCUT2D eigenvalue weighted by molar-refractivity contribution is -0.141. The second-order valence-corrected chi connectivity index (χ2v) is 6.25. The number of amides is 2. The SMILES string of the molecule is CCOc1ccc(CNC(=O)[C@H]2c3ccccc3CC(=O)N2CC)cc1. The van der Waals surface area contributed by atoms with Crippen molar-refractivity contribution in [3.05, 3.63) is 65.2 Å². The molecule has 0 saturated carbocycles. The van der Waals surface area contributed by atoms with Crippen LogP contribution in [-0.4, -0.2) is 29.9 Å². The second kappa shape index (κ2) is 8.04. The van der Waals surface area contributed by atoms with Crippen molar-refractivity contribution in [2.24, 2.45) is 0 Å². The van der Waals surface area contributed by atoms with Gasteiger partial charge in [0.05, 0.1) is 13.0 Å². The normalized spacial score (nSPS) is 16.2. The third-order valence-electron chi connectivity index (χ3n) is 4.61. The Labute approximate surface area is 154 Å². The zero-order valence-corrected chi connectivity index (χ0v) is 15.2.